The summed E-state index contributed by atoms with van der Waals surface area (Å²) in [7, 11) is 4.46. The van der Waals surface area contributed by atoms with Gasteiger partial charge in [0.2, 0.25) is 0 Å². The maximum absolute atomic E-state index is 13.7. The molecule has 0 fully saturated rings. The molecule has 0 atom stereocenters. The molecule has 2 rings (SSSR count). The Balaban J connectivity index is 1.98. The fraction of sp³-hybridized carbons (Fsp3) is 0.200. The topological polar surface area (TPSA) is 83.1 Å². The van der Waals surface area contributed by atoms with Gasteiger partial charge in [0, 0.05) is 22.2 Å². The van der Waals surface area contributed by atoms with E-state index in [1.807, 2.05) is 0 Å². The van der Waals surface area contributed by atoms with Crippen LogP contribution in [0.4, 0.5) is 10.1 Å². The van der Waals surface area contributed by atoms with Crippen LogP contribution in [0.5, 0.6) is 17.2 Å². The molecule has 0 saturated carbocycles. The number of halogens is 2. The van der Waals surface area contributed by atoms with E-state index in [-0.39, 0.29) is 5.69 Å². The van der Waals surface area contributed by atoms with Gasteiger partial charge in [0.25, 0.3) is 5.91 Å². The quantitative estimate of drug-likeness (QED) is 0.469. The Hall–Kier alpha value is -3.07. The summed E-state index contributed by atoms with van der Waals surface area (Å²) >= 11 is 3.12. The molecule has 9 heteroatoms. The van der Waals surface area contributed by atoms with Crippen LogP contribution in [-0.2, 0) is 14.3 Å². The third-order valence-corrected chi connectivity index (χ3v) is 4.18. The minimum absolute atomic E-state index is 0.0140. The van der Waals surface area contributed by atoms with Gasteiger partial charge in [-0.15, -0.1) is 0 Å². The fourth-order valence-electron chi connectivity index (χ4n) is 2.30. The Morgan fingerprint density at radius 1 is 1.03 bits per heavy atom. The van der Waals surface area contributed by atoms with Crippen LogP contribution in [0.3, 0.4) is 0 Å². The predicted octanol–water partition coefficient (Wildman–Crippen LogP) is 3.81. The molecule has 0 aliphatic rings. The van der Waals surface area contributed by atoms with Gasteiger partial charge in [0.05, 0.1) is 27.0 Å². The molecule has 1 N–H and O–H groups in total. The lowest BCUT2D eigenvalue weighted by Crippen LogP contribution is -2.20. The van der Waals surface area contributed by atoms with E-state index < -0.39 is 24.3 Å². The first-order valence-electron chi connectivity index (χ1n) is 8.27. The van der Waals surface area contributed by atoms with Crippen molar-refractivity contribution in [3.63, 3.8) is 0 Å². The highest BCUT2D eigenvalue weighted by atomic mass is 79.9. The van der Waals surface area contributed by atoms with Crippen LogP contribution in [-0.4, -0.2) is 39.8 Å². The number of hydrogen-bond donors (Lipinski definition) is 1. The molecule has 0 bridgehead atoms. The smallest absolute Gasteiger partial charge is 0.331 e. The van der Waals surface area contributed by atoms with Crippen LogP contribution in [0.25, 0.3) is 6.08 Å². The summed E-state index contributed by atoms with van der Waals surface area (Å²) in [5, 5.41) is 2.33. The van der Waals surface area contributed by atoms with Crippen molar-refractivity contribution in [1.82, 2.24) is 0 Å². The number of carbonyl (C=O) groups excluding carboxylic acids is 2. The summed E-state index contributed by atoms with van der Waals surface area (Å²) in [5.41, 5.74) is 0.531. The Labute approximate surface area is 175 Å². The van der Waals surface area contributed by atoms with Gasteiger partial charge in [-0.2, -0.15) is 0 Å². The second-order valence-electron chi connectivity index (χ2n) is 5.56. The number of amides is 1. The molecule has 0 unspecified atom stereocenters. The molecule has 0 spiro atoms. The van der Waals surface area contributed by atoms with Gasteiger partial charge in [-0.3, -0.25) is 4.79 Å². The lowest BCUT2D eigenvalue weighted by atomic mass is 10.1. The molecular weight excluding hydrogens is 449 g/mol. The van der Waals surface area contributed by atoms with Gasteiger partial charge >= 0.3 is 5.97 Å². The van der Waals surface area contributed by atoms with Gasteiger partial charge in [-0.1, -0.05) is 15.9 Å². The minimum Gasteiger partial charge on any atom is -0.496 e. The number of anilines is 1. The van der Waals surface area contributed by atoms with E-state index in [9.17, 15) is 14.0 Å². The Morgan fingerprint density at radius 3 is 2.31 bits per heavy atom. The summed E-state index contributed by atoms with van der Waals surface area (Å²) < 4.78 is 34.8. The van der Waals surface area contributed by atoms with E-state index >= 15 is 0 Å². The third kappa shape index (κ3) is 6.21. The fourth-order valence-corrected chi connectivity index (χ4v) is 2.64. The van der Waals surface area contributed by atoms with Crippen molar-refractivity contribution in [2.75, 3.05) is 33.3 Å². The third-order valence-electron chi connectivity index (χ3n) is 3.69. The summed E-state index contributed by atoms with van der Waals surface area (Å²) in [6.07, 6.45) is 2.59. The van der Waals surface area contributed by atoms with E-state index in [2.05, 4.69) is 21.2 Å². The van der Waals surface area contributed by atoms with Crippen molar-refractivity contribution in [1.29, 1.82) is 0 Å². The highest BCUT2D eigenvalue weighted by Crippen LogP contribution is 2.35. The van der Waals surface area contributed by atoms with Gasteiger partial charge in [-0.05, 0) is 30.3 Å². The van der Waals surface area contributed by atoms with Crippen molar-refractivity contribution in [2.45, 2.75) is 0 Å². The van der Waals surface area contributed by atoms with Crippen LogP contribution >= 0.6 is 15.9 Å². The average molecular weight is 468 g/mol. The largest absolute Gasteiger partial charge is 0.496 e. The molecule has 0 radical (unpaired) electrons. The molecule has 154 valence electrons. The van der Waals surface area contributed by atoms with E-state index in [0.717, 1.165) is 6.08 Å². The van der Waals surface area contributed by atoms with Crippen molar-refractivity contribution >= 4 is 39.6 Å². The van der Waals surface area contributed by atoms with E-state index in [4.69, 9.17) is 18.9 Å². The van der Waals surface area contributed by atoms with E-state index in [1.165, 1.54) is 39.5 Å². The first-order chi connectivity index (χ1) is 13.9. The normalized spacial score (nSPS) is 10.5. The van der Waals surface area contributed by atoms with Crippen LogP contribution in [0, 0.1) is 5.82 Å². The molecule has 7 nitrogen and oxygen atoms in total. The lowest BCUT2D eigenvalue weighted by Gasteiger charge is -2.12. The maximum atomic E-state index is 13.7. The molecule has 0 aliphatic carbocycles. The zero-order valence-corrected chi connectivity index (χ0v) is 17.5. The van der Waals surface area contributed by atoms with Crippen molar-refractivity contribution in [3.8, 4) is 17.2 Å². The zero-order valence-electron chi connectivity index (χ0n) is 16.0. The first-order valence-corrected chi connectivity index (χ1v) is 9.07. The van der Waals surface area contributed by atoms with Crippen LogP contribution in [0.1, 0.15) is 5.56 Å². The van der Waals surface area contributed by atoms with Crippen molar-refractivity contribution in [2.24, 2.45) is 0 Å². The maximum Gasteiger partial charge on any atom is 0.331 e. The summed E-state index contributed by atoms with van der Waals surface area (Å²) in [6, 6.07) is 7.42. The number of ether oxygens (including phenoxy) is 4. The molecule has 0 saturated heterocycles. The second-order valence-corrected chi connectivity index (χ2v) is 6.48. The summed E-state index contributed by atoms with van der Waals surface area (Å²) in [4.78, 5) is 23.7. The van der Waals surface area contributed by atoms with Gasteiger partial charge in [-0.25, -0.2) is 9.18 Å². The Bertz CT molecular complexity index is 931. The summed E-state index contributed by atoms with van der Waals surface area (Å²) in [5.74, 6) is -0.655. The average Bonchev–Trinajstić information content (AvgIpc) is 2.71. The number of hydrogen-bond acceptors (Lipinski definition) is 6. The SMILES string of the molecule is COc1cc(OC)c(OC)cc1/C=C/C(=O)OCC(=O)Nc1ccc(Br)cc1F. The summed E-state index contributed by atoms with van der Waals surface area (Å²) in [6.45, 7) is -0.568. The van der Waals surface area contributed by atoms with Gasteiger partial charge in [0.1, 0.15) is 11.6 Å². The van der Waals surface area contributed by atoms with E-state index in [1.54, 1.807) is 18.2 Å². The number of rotatable bonds is 8. The van der Waals surface area contributed by atoms with E-state index in [0.29, 0.717) is 27.3 Å². The Kier molecular flexibility index (Phi) is 8.02. The number of esters is 1. The molecule has 2 aromatic carbocycles. The van der Waals surface area contributed by atoms with Crippen LogP contribution in [0.15, 0.2) is 40.9 Å². The number of methoxy groups -OCH3 is 3. The zero-order chi connectivity index (χ0) is 21.4. The molecule has 29 heavy (non-hydrogen) atoms. The first kappa shape index (κ1) is 22.2. The molecular formula is C20H19BrFNO6. The van der Waals surface area contributed by atoms with Gasteiger partial charge in [0.15, 0.2) is 18.1 Å². The highest BCUT2D eigenvalue weighted by molar-refractivity contribution is 9.10. The predicted molar refractivity (Wildman–Crippen MR) is 109 cm³/mol. The molecule has 2 aromatic rings. The lowest BCUT2D eigenvalue weighted by molar-refractivity contribution is -0.142. The Morgan fingerprint density at radius 2 is 1.69 bits per heavy atom. The molecule has 1 amide bonds. The van der Waals surface area contributed by atoms with Crippen LogP contribution in [0.2, 0.25) is 0 Å². The van der Waals surface area contributed by atoms with Crippen molar-refractivity contribution < 1.29 is 32.9 Å². The molecule has 0 aliphatic heterocycles. The molecule has 0 heterocycles. The molecule has 0 aromatic heterocycles. The minimum atomic E-state index is -0.756. The van der Waals surface area contributed by atoms with Crippen molar-refractivity contribution in [3.05, 3.63) is 52.3 Å². The highest BCUT2D eigenvalue weighted by Gasteiger charge is 2.12. The van der Waals surface area contributed by atoms with Gasteiger partial charge < -0.3 is 24.3 Å². The van der Waals surface area contributed by atoms with Crippen LogP contribution < -0.4 is 19.5 Å². The monoisotopic (exact) mass is 467 g/mol. The number of benzene rings is 2. The number of nitrogens with one attached hydrogen (secondary N) is 1. The second kappa shape index (κ2) is 10.5. The number of carbonyl (C=O) groups is 2. The standard InChI is InChI=1S/C20H19BrFNO6/c1-26-16-10-18(28-3)17(27-2)8-12(16)4-7-20(25)29-11-19(24)23-15-6-5-13(21)9-14(15)22/h4-10H,11H2,1-3H3,(H,23,24)/b7-4+.